The van der Waals surface area contributed by atoms with Crippen molar-refractivity contribution in [2.75, 3.05) is 19.5 Å². The Morgan fingerprint density at radius 3 is 2.51 bits per heavy atom. The Morgan fingerprint density at radius 1 is 1.02 bits per heavy atom. The summed E-state index contributed by atoms with van der Waals surface area (Å²) in [6.45, 7) is 2.36. The van der Waals surface area contributed by atoms with E-state index in [4.69, 9.17) is 14.2 Å². The van der Waals surface area contributed by atoms with E-state index >= 15 is 0 Å². The molecule has 2 saturated heterocycles. The van der Waals surface area contributed by atoms with Crippen LogP contribution in [0.5, 0.6) is 11.5 Å². The van der Waals surface area contributed by atoms with Crippen molar-refractivity contribution in [3.05, 3.63) is 66.2 Å². The Bertz CT molecular complexity index is 1380. The highest BCUT2D eigenvalue weighted by Gasteiger charge is 2.72. The summed E-state index contributed by atoms with van der Waals surface area (Å²) in [6.07, 6.45) is 7.25. The largest absolute Gasteiger partial charge is 0.497 e. The second-order valence-electron chi connectivity index (χ2n) is 11.6. The van der Waals surface area contributed by atoms with Gasteiger partial charge in [-0.25, -0.2) is 0 Å². The van der Waals surface area contributed by atoms with Crippen LogP contribution in [0.3, 0.4) is 0 Å². The van der Waals surface area contributed by atoms with Crippen LogP contribution in [-0.4, -0.2) is 60.6 Å². The minimum Gasteiger partial charge on any atom is -0.497 e. The minimum atomic E-state index is -1.22. The van der Waals surface area contributed by atoms with Gasteiger partial charge < -0.3 is 29.7 Å². The summed E-state index contributed by atoms with van der Waals surface area (Å²) in [7, 11) is 3.15. The van der Waals surface area contributed by atoms with Crippen molar-refractivity contribution < 1.29 is 28.6 Å². The van der Waals surface area contributed by atoms with Gasteiger partial charge in [0.1, 0.15) is 23.1 Å². The molecule has 9 heteroatoms. The fraction of sp³-hybridized carbons (Fsp3) is 0.469. The highest BCUT2D eigenvalue weighted by molar-refractivity contribution is 6.02. The topological polar surface area (TPSA) is 106 Å². The zero-order valence-electron chi connectivity index (χ0n) is 23.7. The predicted molar refractivity (Wildman–Crippen MR) is 152 cm³/mol. The van der Waals surface area contributed by atoms with Crippen LogP contribution in [0.15, 0.2) is 60.7 Å². The molecule has 2 aromatic rings. The SMILES string of the molecule is COc1cccc(CN2C(=O)[C@H]3C(C(=O)Nc4cccc(OC)c4)[C@H]4C=CC3(O4)C2C(=O)NC2CCCCC2C)c1. The van der Waals surface area contributed by atoms with E-state index in [9.17, 15) is 14.4 Å². The van der Waals surface area contributed by atoms with Gasteiger partial charge in [0.2, 0.25) is 17.7 Å². The number of amides is 3. The summed E-state index contributed by atoms with van der Waals surface area (Å²) in [4.78, 5) is 43.7. The first-order chi connectivity index (χ1) is 19.8. The molecule has 3 amide bonds. The molecule has 0 aromatic heterocycles. The first kappa shape index (κ1) is 27.3. The molecule has 2 bridgehead atoms. The molecule has 0 radical (unpaired) electrons. The van der Waals surface area contributed by atoms with E-state index in [1.54, 1.807) is 43.4 Å². The quantitative estimate of drug-likeness (QED) is 0.478. The van der Waals surface area contributed by atoms with Crippen molar-refractivity contribution in [3.8, 4) is 11.5 Å². The van der Waals surface area contributed by atoms with Crippen molar-refractivity contribution in [1.29, 1.82) is 0 Å². The third-order valence-corrected chi connectivity index (χ3v) is 9.19. The molecule has 9 nitrogen and oxygen atoms in total. The van der Waals surface area contributed by atoms with Crippen LogP contribution in [0, 0.1) is 17.8 Å². The number of hydrogen-bond donors (Lipinski definition) is 2. The Morgan fingerprint density at radius 2 is 1.76 bits per heavy atom. The number of rotatable bonds is 8. The highest BCUT2D eigenvalue weighted by atomic mass is 16.5. The molecule has 3 aliphatic heterocycles. The van der Waals surface area contributed by atoms with Crippen LogP contribution < -0.4 is 20.1 Å². The normalized spacial score (nSPS) is 31.6. The minimum absolute atomic E-state index is 0.0372. The average molecular weight is 560 g/mol. The fourth-order valence-corrected chi connectivity index (χ4v) is 7.12. The Hall–Kier alpha value is -3.85. The molecule has 5 unspecified atom stereocenters. The zero-order valence-corrected chi connectivity index (χ0v) is 23.7. The average Bonchev–Trinajstić information content (AvgIpc) is 3.62. The number of fused-ring (bicyclic) bond motifs is 1. The number of methoxy groups -OCH3 is 2. The van der Waals surface area contributed by atoms with Crippen molar-refractivity contribution in [2.24, 2.45) is 17.8 Å². The van der Waals surface area contributed by atoms with Crippen molar-refractivity contribution in [3.63, 3.8) is 0 Å². The third kappa shape index (κ3) is 4.76. The van der Waals surface area contributed by atoms with Gasteiger partial charge in [0.25, 0.3) is 0 Å². The number of carbonyl (C=O) groups excluding carboxylic acids is 3. The molecule has 6 rings (SSSR count). The van der Waals surface area contributed by atoms with E-state index < -0.39 is 29.6 Å². The van der Waals surface area contributed by atoms with Crippen molar-refractivity contribution in [1.82, 2.24) is 10.2 Å². The van der Waals surface area contributed by atoms with Crippen molar-refractivity contribution >= 4 is 23.4 Å². The van der Waals surface area contributed by atoms with Crippen LogP contribution in [0.4, 0.5) is 5.69 Å². The lowest BCUT2D eigenvalue weighted by molar-refractivity contribution is -0.142. The lowest BCUT2D eigenvalue weighted by atomic mass is 9.74. The summed E-state index contributed by atoms with van der Waals surface area (Å²) in [5.41, 5.74) is 0.169. The van der Waals surface area contributed by atoms with Gasteiger partial charge >= 0.3 is 0 Å². The summed E-state index contributed by atoms with van der Waals surface area (Å²) in [5.74, 6) is -0.801. The van der Waals surface area contributed by atoms with E-state index in [0.29, 0.717) is 23.1 Å². The second-order valence-corrected chi connectivity index (χ2v) is 11.6. The molecule has 7 atom stereocenters. The monoisotopic (exact) mass is 559 g/mol. The molecular weight excluding hydrogens is 522 g/mol. The molecule has 3 fully saturated rings. The van der Waals surface area contributed by atoms with E-state index in [-0.39, 0.29) is 30.3 Å². The van der Waals surface area contributed by atoms with Crippen LogP contribution in [-0.2, 0) is 25.7 Å². The van der Waals surface area contributed by atoms with Crippen LogP contribution in [0.1, 0.15) is 38.2 Å². The Kier molecular flexibility index (Phi) is 7.23. The third-order valence-electron chi connectivity index (χ3n) is 9.19. The molecule has 216 valence electrons. The maximum absolute atomic E-state index is 14.3. The van der Waals surface area contributed by atoms with Crippen LogP contribution in [0.2, 0.25) is 0 Å². The number of anilines is 1. The summed E-state index contributed by atoms with van der Waals surface area (Å²) >= 11 is 0. The van der Waals surface area contributed by atoms with Gasteiger partial charge in [0, 0.05) is 24.3 Å². The zero-order chi connectivity index (χ0) is 28.7. The molecule has 1 spiro atoms. The summed E-state index contributed by atoms with van der Waals surface area (Å²) in [6, 6.07) is 13.7. The van der Waals surface area contributed by atoms with Gasteiger partial charge in [0.05, 0.1) is 32.2 Å². The molecule has 3 heterocycles. The molecular formula is C32H37N3O6. The van der Waals surface area contributed by atoms with Crippen molar-refractivity contribution in [2.45, 2.75) is 62.9 Å². The van der Waals surface area contributed by atoms with Gasteiger partial charge in [-0.1, -0.05) is 50.1 Å². The van der Waals surface area contributed by atoms with Gasteiger partial charge in [0.15, 0.2) is 0 Å². The highest BCUT2D eigenvalue weighted by Crippen LogP contribution is 2.55. The number of nitrogens with one attached hydrogen (secondary N) is 2. The molecule has 1 saturated carbocycles. The van der Waals surface area contributed by atoms with Gasteiger partial charge in [-0.05, 0) is 48.6 Å². The first-order valence-corrected chi connectivity index (χ1v) is 14.4. The lowest BCUT2D eigenvalue weighted by Gasteiger charge is -2.36. The smallest absolute Gasteiger partial charge is 0.246 e. The van der Waals surface area contributed by atoms with Crippen LogP contribution in [0.25, 0.3) is 0 Å². The standard InChI is InChI=1S/C32H37N3O6/c1-19-8-4-5-13-24(19)34-30(37)28-32-15-14-25(41-32)26(29(36)33-21-10-7-12-23(17-21)40-3)27(32)31(38)35(28)18-20-9-6-11-22(16-20)39-2/h6-7,9-12,14-17,19,24-28H,4-5,8,13,18H2,1-3H3,(H,33,36)(H,34,37)/t19?,24?,25-,26?,27-,28?,32?/m1/s1. The number of ether oxygens (including phenoxy) is 3. The lowest BCUT2D eigenvalue weighted by Crippen LogP contribution is -2.57. The summed E-state index contributed by atoms with van der Waals surface area (Å²) in [5, 5.41) is 6.22. The van der Waals surface area contributed by atoms with Gasteiger partial charge in [-0.2, -0.15) is 0 Å². The number of carbonyl (C=O) groups is 3. The van der Waals surface area contributed by atoms with E-state index in [2.05, 4.69) is 17.6 Å². The number of nitrogens with zero attached hydrogens (tertiary/aromatic N) is 1. The van der Waals surface area contributed by atoms with E-state index in [1.165, 1.54) is 0 Å². The fourth-order valence-electron chi connectivity index (χ4n) is 7.12. The number of hydrogen-bond acceptors (Lipinski definition) is 6. The molecule has 2 aromatic carbocycles. The summed E-state index contributed by atoms with van der Waals surface area (Å²) < 4.78 is 17.2. The Balaban J connectivity index is 1.33. The maximum atomic E-state index is 14.3. The molecule has 2 N–H and O–H groups in total. The first-order valence-electron chi connectivity index (χ1n) is 14.4. The van der Waals surface area contributed by atoms with E-state index in [0.717, 1.165) is 31.2 Å². The molecule has 41 heavy (non-hydrogen) atoms. The number of benzene rings is 2. The maximum Gasteiger partial charge on any atom is 0.246 e. The second kappa shape index (κ2) is 10.9. The predicted octanol–water partition coefficient (Wildman–Crippen LogP) is 3.69. The molecule has 4 aliphatic rings. The van der Waals surface area contributed by atoms with Crippen LogP contribution >= 0.6 is 0 Å². The van der Waals surface area contributed by atoms with E-state index in [1.807, 2.05) is 36.4 Å². The van der Waals surface area contributed by atoms with Gasteiger partial charge in [-0.3, -0.25) is 14.4 Å². The Labute approximate surface area is 240 Å². The molecule has 1 aliphatic carbocycles. The van der Waals surface area contributed by atoms with Gasteiger partial charge in [-0.15, -0.1) is 0 Å². The number of likely N-dealkylation sites (tertiary alicyclic amines) is 1.